The lowest BCUT2D eigenvalue weighted by Crippen LogP contribution is -2.40. The number of carbonyl (C=O) groups is 1. The highest BCUT2D eigenvalue weighted by molar-refractivity contribution is 6.31. The Morgan fingerprint density at radius 3 is 3.09 bits per heavy atom. The third kappa shape index (κ3) is 4.44. The summed E-state index contributed by atoms with van der Waals surface area (Å²) < 4.78 is 0. The van der Waals surface area contributed by atoms with Crippen LogP contribution in [0.25, 0.3) is 0 Å². The number of hydrogen-bond donors (Lipinski definition) is 2. The molecule has 1 saturated heterocycles. The number of nitrogens with one attached hydrogen (secondary N) is 2. The van der Waals surface area contributed by atoms with Crippen LogP contribution in [0.5, 0.6) is 0 Å². The molecule has 118 valence electrons. The van der Waals surface area contributed by atoms with Crippen molar-refractivity contribution >= 4 is 23.2 Å². The van der Waals surface area contributed by atoms with Gasteiger partial charge in [0.05, 0.1) is 17.8 Å². The maximum Gasteiger partial charge on any atom is 0.238 e. The number of anilines is 1. The molecule has 0 spiro atoms. The van der Waals surface area contributed by atoms with Crippen molar-refractivity contribution in [3.8, 4) is 6.07 Å². The molecule has 0 bridgehead atoms. The van der Waals surface area contributed by atoms with E-state index >= 15 is 0 Å². The van der Waals surface area contributed by atoms with E-state index in [0.717, 1.165) is 19.6 Å². The van der Waals surface area contributed by atoms with Crippen molar-refractivity contribution in [2.45, 2.75) is 25.8 Å². The SMILES string of the molecule is CCN1CCC[C@H]1CNCC(=O)Nc1cc(Cl)ccc1C#N. The Morgan fingerprint density at radius 2 is 2.36 bits per heavy atom. The van der Waals surface area contributed by atoms with Gasteiger partial charge >= 0.3 is 0 Å². The number of likely N-dealkylation sites (tertiary alicyclic amines) is 1. The summed E-state index contributed by atoms with van der Waals surface area (Å²) in [6.07, 6.45) is 2.40. The quantitative estimate of drug-likeness (QED) is 0.843. The molecule has 1 heterocycles. The van der Waals surface area contributed by atoms with Crippen LogP contribution in [0.4, 0.5) is 5.69 Å². The van der Waals surface area contributed by atoms with Crippen LogP contribution in [-0.2, 0) is 4.79 Å². The second kappa shape index (κ2) is 8.14. The van der Waals surface area contributed by atoms with Gasteiger partial charge in [0.15, 0.2) is 0 Å². The van der Waals surface area contributed by atoms with Gasteiger partial charge in [0, 0.05) is 17.6 Å². The summed E-state index contributed by atoms with van der Waals surface area (Å²) in [5.74, 6) is -0.167. The van der Waals surface area contributed by atoms with Gasteiger partial charge in [0.25, 0.3) is 0 Å². The van der Waals surface area contributed by atoms with Crippen LogP contribution in [0.1, 0.15) is 25.3 Å². The predicted octanol–water partition coefficient (Wildman–Crippen LogP) is 2.22. The zero-order valence-corrected chi connectivity index (χ0v) is 13.5. The fraction of sp³-hybridized carbons (Fsp3) is 0.500. The highest BCUT2D eigenvalue weighted by atomic mass is 35.5. The Kier molecular flexibility index (Phi) is 6.20. The molecule has 1 aromatic rings. The van der Waals surface area contributed by atoms with Crippen LogP contribution in [0, 0.1) is 11.3 Å². The number of halogens is 1. The zero-order chi connectivity index (χ0) is 15.9. The smallest absolute Gasteiger partial charge is 0.238 e. The second-order valence-electron chi connectivity index (χ2n) is 5.41. The summed E-state index contributed by atoms with van der Waals surface area (Å²) in [5, 5.41) is 15.5. The van der Waals surface area contributed by atoms with E-state index in [-0.39, 0.29) is 12.5 Å². The number of likely N-dealkylation sites (N-methyl/N-ethyl adjacent to an activating group) is 1. The minimum Gasteiger partial charge on any atom is -0.324 e. The number of benzene rings is 1. The molecule has 0 saturated carbocycles. The Balaban J connectivity index is 1.81. The summed E-state index contributed by atoms with van der Waals surface area (Å²) in [4.78, 5) is 14.4. The average Bonchev–Trinajstić information content (AvgIpc) is 2.95. The Bertz CT molecular complexity index is 570. The van der Waals surface area contributed by atoms with Crippen LogP contribution in [0.15, 0.2) is 18.2 Å². The number of rotatable bonds is 6. The average molecular weight is 321 g/mol. The molecule has 0 unspecified atom stereocenters. The first kappa shape index (κ1) is 16.8. The zero-order valence-electron chi connectivity index (χ0n) is 12.7. The van der Waals surface area contributed by atoms with Gasteiger partial charge in [-0.3, -0.25) is 9.69 Å². The number of carbonyl (C=O) groups excluding carboxylic acids is 1. The number of amides is 1. The normalized spacial score (nSPS) is 18.1. The molecule has 1 amide bonds. The lowest BCUT2D eigenvalue weighted by atomic mass is 10.2. The Labute approximate surface area is 136 Å². The molecule has 2 N–H and O–H groups in total. The van der Waals surface area contributed by atoms with Crippen LogP contribution in [-0.4, -0.2) is 43.0 Å². The molecule has 0 radical (unpaired) electrons. The maximum absolute atomic E-state index is 12.0. The van der Waals surface area contributed by atoms with Crippen LogP contribution in [0.2, 0.25) is 5.02 Å². The summed E-state index contributed by atoms with van der Waals surface area (Å²) >= 11 is 5.90. The second-order valence-corrected chi connectivity index (χ2v) is 5.84. The summed E-state index contributed by atoms with van der Waals surface area (Å²) in [5.41, 5.74) is 0.864. The van der Waals surface area contributed by atoms with Crippen LogP contribution in [0.3, 0.4) is 0 Å². The van der Waals surface area contributed by atoms with E-state index in [1.54, 1.807) is 18.2 Å². The van der Waals surface area contributed by atoms with Gasteiger partial charge in [-0.25, -0.2) is 0 Å². The van der Waals surface area contributed by atoms with E-state index < -0.39 is 0 Å². The van der Waals surface area contributed by atoms with E-state index in [1.165, 1.54) is 12.8 Å². The van der Waals surface area contributed by atoms with Crippen molar-refractivity contribution < 1.29 is 4.79 Å². The van der Waals surface area contributed by atoms with Gasteiger partial charge in [0.1, 0.15) is 6.07 Å². The molecule has 1 aromatic carbocycles. The Morgan fingerprint density at radius 1 is 1.55 bits per heavy atom. The van der Waals surface area contributed by atoms with Crippen molar-refractivity contribution in [1.29, 1.82) is 5.26 Å². The monoisotopic (exact) mass is 320 g/mol. The van der Waals surface area contributed by atoms with Gasteiger partial charge in [-0.05, 0) is 44.1 Å². The molecule has 0 aliphatic carbocycles. The fourth-order valence-corrected chi connectivity index (χ4v) is 2.98. The first-order valence-corrected chi connectivity index (χ1v) is 7.96. The third-order valence-electron chi connectivity index (χ3n) is 3.95. The Hall–Kier alpha value is -1.61. The summed E-state index contributed by atoms with van der Waals surface area (Å²) in [6, 6.07) is 7.38. The molecule has 6 heteroatoms. The minimum atomic E-state index is -0.167. The van der Waals surface area contributed by atoms with Crippen molar-refractivity contribution in [2.75, 3.05) is 31.5 Å². The van der Waals surface area contributed by atoms with E-state index in [0.29, 0.717) is 22.3 Å². The molecule has 1 fully saturated rings. The lowest BCUT2D eigenvalue weighted by Gasteiger charge is -2.22. The molecule has 1 aliphatic rings. The van der Waals surface area contributed by atoms with Crippen LogP contribution < -0.4 is 10.6 Å². The molecule has 5 nitrogen and oxygen atoms in total. The fourth-order valence-electron chi connectivity index (χ4n) is 2.81. The maximum atomic E-state index is 12.0. The molecular formula is C16H21ClN4O. The van der Waals surface area contributed by atoms with Crippen molar-refractivity contribution in [3.05, 3.63) is 28.8 Å². The van der Waals surface area contributed by atoms with Gasteiger partial charge in [-0.15, -0.1) is 0 Å². The van der Waals surface area contributed by atoms with Crippen LogP contribution >= 0.6 is 11.6 Å². The van der Waals surface area contributed by atoms with Gasteiger partial charge in [0.2, 0.25) is 5.91 Å². The first-order valence-electron chi connectivity index (χ1n) is 7.58. The summed E-state index contributed by atoms with van der Waals surface area (Å²) in [7, 11) is 0. The predicted molar refractivity (Wildman–Crippen MR) is 87.9 cm³/mol. The molecule has 1 atom stereocenters. The largest absolute Gasteiger partial charge is 0.324 e. The van der Waals surface area contributed by atoms with E-state index in [2.05, 4.69) is 22.5 Å². The van der Waals surface area contributed by atoms with E-state index in [4.69, 9.17) is 16.9 Å². The molecule has 22 heavy (non-hydrogen) atoms. The van der Waals surface area contributed by atoms with Crippen molar-refractivity contribution in [1.82, 2.24) is 10.2 Å². The lowest BCUT2D eigenvalue weighted by molar-refractivity contribution is -0.115. The number of hydrogen-bond acceptors (Lipinski definition) is 4. The van der Waals surface area contributed by atoms with Gasteiger partial charge in [-0.1, -0.05) is 18.5 Å². The number of nitrogens with zero attached hydrogens (tertiary/aromatic N) is 2. The summed E-state index contributed by atoms with van der Waals surface area (Å²) in [6.45, 7) is 5.39. The standard InChI is InChI=1S/C16H21ClN4O/c1-2-21-7-3-4-14(21)10-19-11-16(22)20-15-8-13(17)6-5-12(15)9-18/h5-6,8,14,19H,2-4,7,10-11H2,1H3,(H,20,22)/t14-/m0/s1. The van der Waals surface area contributed by atoms with Gasteiger partial charge in [-0.2, -0.15) is 5.26 Å². The van der Waals surface area contributed by atoms with Gasteiger partial charge < -0.3 is 10.6 Å². The highest BCUT2D eigenvalue weighted by Gasteiger charge is 2.22. The third-order valence-corrected chi connectivity index (χ3v) is 4.18. The molecular weight excluding hydrogens is 300 g/mol. The van der Waals surface area contributed by atoms with E-state index in [9.17, 15) is 4.79 Å². The van der Waals surface area contributed by atoms with Crippen molar-refractivity contribution in [2.24, 2.45) is 0 Å². The topological polar surface area (TPSA) is 68.2 Å². The van der Waals surface area contributed by atoms with Crippen molar-refractivity contribution in [3.63, 3.8) is 0 Å². The first-order chi connectivity index (χ1) is 10.6. The molecule has 0 aromatic heterocycles. The highest BCUT2D eigenvalue weighted by Crippen LogP contribution is 2.20. The minimum absolute atomic E-state index is 0.167. The van der Waals surface area contributed by atoms with E-state index in [1.807, 2.05) is 6.07 Å². The number of nitriles is 1. The molecule has 2 rings (SSSR count). The molecule has 1 aliphatic heterocycles.